The highest BCUT2D eigenvalue weighted by molar-refractivity contribution is 5.34. The molecule has 0 unspecified atom stereocenters. The Hall–Kier alpha value is -1.46. The zero-order chi connectivity index (χ0) is 11.4. The van der Waals surface area contributed by atoms with Crippen molar-refractivity contribution >= 4 is 5.69 Å². The molecular weight excluding hydrogens is 206 g/mol. The number of hydrogen-bond donors (Lipinski definition) is 2. The molecule has 0 bridgehead atoms. The van der Waals surface area contributed by atoms with Crippen LogP contribution in [0.1, 0.15) is 5.56 Å². The molecule has 2 rings (SSSR count). The van der Waals surface area contributed by atoms with E-state index >= 15 is 0 Å². The van der Waals surface area contributed by atoms with Crippen LogP contribution in [0.25, 0.3) is 0 Å². The molecule has 1 aliphatic rings. The van der Waals surface area contributed by atoms with E-state index < -0.39 is 0 Å². The van der Waals surface area contributed by atoms with E-state index in [1.807, 2.05) is 6.07 Å². The third-order valence-corrected chi connectivity index (χ3v) is 2.73. The third kappa shape index (κ3) is 2.77. The lowest BCUT2D eigenvalue weighted by Gasteiger charge is -2.24. The van der Waals surface area contributed by atoms with Crippen LogP contribution in [0.15, 0.2) is 24.3 Å². The number of nitro groups is 1. The quantitative estimate of drug-likeness (QED) is 0.582. The summed E-state index contributed by atoms with van der Waals surface area (Å²) in [7, 11) is 0. The average Bonchev–Trinajstić information content (AvgIpc) is 2.30. The summed E-state index contributed by atoms with van der Waals surface area (Å²) in [5.41, 5.74) is 1.18. The van der Waals surface area contributed by atoms with Crippen molar-refractivity contribution in [1.82, 2.24) is 10.6 Å². The van der Waals surface area contributed by atoms with Gasteiger partial charge in [0, 0.05) is 37.8 Å². The number of piperazine rings is 1. The Morgan fingerprint density at radius 2 is 2.31 bits per heavy atom. The van der Waals surface area contributed by atoms with Gasteiger partial charge in [-0.2, -0.15) is 0 Å². The van der Waals surface area contributed by atoms with E-state index in [-0.39, 0.29) is 10.6 Å². The fourth-order valence-electron chi connectivity index (χ4n) is 1.94. The van der Waals surface area contributed by atoms with Crippen LogP contribution >= 0.6 is 0 Å². The molecule has 1 aliphatic heterocycles. The lowest BCUT2D eigenvalue weighted by atomic mass is 10.0. The molecular formula is C11H15N3O2. The molecule has 0 radical (unpaired) electrons. The predicted molar refractivity (Wildman–Crippen MR) is 61.5 cm³/mol. The summed E-state index contributed by atoms with van der Waals surface area (Å²) in [6.07, 6.45) is 0.828. The first kappa shape index (κ1) is 11.0. The zero-order valence-electron chi connectivity index (χ0n) is 8.98. The van der Waals surface area contributed by atoms with Crippen molar-refractivity contribution in [3.63, 3.8) is 0 Å². The van der Waals surface area contributed by atoms with Crippen molar-refractivity contribution in [1.29, 1.82) is 0 Å². The largest absolute Gasteiger partial charge is 0.314 e. The standard InChI is InChI=1S/C11H15N3O2/c15-14(16)11-3-1-2-9(7-11)6-10-8-12-4-5-13-10/h1-3,7,10,12-13H,4-6,8H2/t10-/m1/s1. The monoisotopic (exact) mass is 221 g/mol. The molecule has 1 aromatic carbocycles. The van der Waals surface area contributed by atoms with Crippen LogP contribution in [0.3, 0.4) is 0 Å². The maximum Gasteiger partial charge on any atom is 0.269 e. The van der Waals surface area contributed by atoms with Crippen LogP contribution in [0, 0.1) is 10.1 Å². The van der Waals surface area contributed by atoms with Crippen molar-refractivity contribution < 1.29 is 4.92 Å². The Balaban J connectivity index is 2.02. The van der Waals surface area contributed by atoms with E-state index in [0.717, 1.165) is 31.6 Å². The predicted octanol–water partition coefficient (Wildman–Crippen LogP) is 0.699. The van der Waals surface area contributed by atoms with Crippen LogP contribution in [0.2, 0.25) is 0 Å². The first-order chi connectivity index (χ1) is 7.75. The van der Waals surface area contributed by atoms with E-state index in [2.05, 4.69) is 10.6 Å². The number of nitrogens with zero attached hydrogens (tertiary/aromatic N) is 1. The minimum absolute atomic E-state index is 0.168. The molecule has 5 heteroatoms. The molecule has 0 saturated carbocycles. The van der Waals surface area contributed by atoms with Crippen LogP contribution in [0.5, 0.6) is 0 Å². The molecule has 16 heavy (non-hydrogen) atoms. The van der Waals surface area contributed by atoms with Crippen LogP contribution in [0.4, 0.5) is 5.69 Å². The zero-order valence-corrected chi connectivity index (χ0v) is 8.98. The summed E-state index contributed by atoms with van der Waals surface area (Å²) in [6, 6.07) is 7.22. The first-order valence-electron chi connectivity index (χ1n) is 5.43. The van der Waals surface area contributed by atoms with Gasteiger partial charge >= 0.3 is 0 Å². The number of nitrogens with one attached hydrogen (secondary N) is 2. The number of benzene rings is 1. The summed E-state index contributed by atoms with van der Waals surface area (Å²) >= 11 is 0. The van der Waals surface area contributed by atoms with Gasteiger partial charge in [0.15, 0.2) is 0 Å². The second-order valence-electron chi connectivity index (χ2n) is 3.99. The van der Waals surface area contributed by atoms with Crippen molar-refractivity contribution in [3.05, 3.63) is 39.9 Å². The Morgan fingerprint density at radius 1 is 1.44 bits per heavy atom. The van der Waals surface area contributed by atoms with Crippen molar-refractivity contribution in [2.75, 3.05) is 19.6 Å². The van der Waals surface area contributed by atoms with E-state index in [9.17, 15) is 10.1 Å². The summed E-state index contributed by atoms with van der Waals surface area (Å²) in [5, 5.41) is 17.3. The minimum atomic E-state index is -0.351. The van der Waals surface area contributed by atoms with Crippen LogP contribution in [-0.2, 0) is 6.42 Å². The van der Waals surface area contributed by atoms with Crippen molar-refractivity contribution in [3.8, 4) is 0 Å². The van der Waals surface area contributed by atoms with Gasteiger partial charge in [-0.15, -0.1) is 0 Å². The Labute approximate surface area is 94.0 Å². The molecule has 1 heterocycles. The highest BCUT2D eigenvalue weighted by Crippen LogP contribution is 2.14. The molecule has 5 nitrogen and oxygen atoms in total. The SMILES string of the molecule is O=[N+]([O-])c1cccc(C[C@@H]2CNCCN2)c1. The van der Waals surface area contributed by atoms with Gasteiger partial charge in [-0.05, 0) is 12.0 Å². The van der Waals surface area contributed by atoms with Crippen LogP contribution < -0.4 is 10.6 Å². The molecule has 0 spiro atoms. The van der Waals surface area contributed by atoms with Gasteiger partial charge in [-0.1, -0.05) is 12.1 Å². The molecule has 0 aliphatic carbocycles. The van der Waals surface area contributed by atoms with Crippen molar-refractivity contribution in [2.45, 2.75) is 12.5 Å². The van der Waals surface area contributed by atoms with E-state index in [0.29, 0.717) is 6.04 Å². The highest BCUT2D eigenvalue weighted by atomic mass is 16.6. The van der Waals surface area contributed by atoms with E-state index in [1.165, 1.54) is 6.07 Å². The van der Waals surface area contributed by atoms with Gasteiger partial charge in [-0.25, -0.2) is 0 Å². The molecule has 1 fully saturated rings. The number of non-ortho nitro benzene ring substituents is 1. The van der Waals surface area contributed by atoms with Gasteiger partial charge in [0.25, 0.3) is 5.69 Å². The molecule has 86 valence electrons. The Bertz CT molecular complexity index is 375. The lowest BCUT2D eigenvalue weighted by Crippen LogP contribution is -2.49. The first-order valence-corrected chi connectivity index (χ1v) is 5.43. The van der Waals surface area contributed by atoms with Gasteiger partial charge in [0.05, 0.1) is 4.92 Å². The average molecular weight is 221 g/mol. The smallest absolute Gasteiger partial charge is 0.269 e. The summed E-state index contributed by atoms with van der Waals surface area (Å²) in [4.78, 5) is 10.3. The van der Waals surface area contributed by atoms with Gasteiger partial charge < -0.3 is 10.6 Å². The van der Waals surface area contributed by atoms with Crippen LogP contribution in [-0.4, -0.2) is 30.6 Å². The normalized spacial score (nSPS) is 20.6. The Kier molecular flexibility index (Phi) is 3.48. The second-order valence-corrected chi connectivity index (χ2v) is 3.99. The minimum Gasteiger partial charge on any atom is -0.314 e. The van der Waals surface area contributed by atoms with Gasteiger partial charge in [0.2, 0.25) is 0 Å². The molecule has 1 saturated heterocycles. The van der Waals surface area contributed by atoms with Gasteiger partial charge in [-0.3, -0.25) is 10.1 Å². The lowest BCUT2D eigenvalue weighted by molar-refractivity contribution is -0.384. The van der Waals surface area contributed by atoms with E-state index in [4.69, 9.17) is 0 Å². The summed E-state index contributed by atoms with van der Waals surface area (Å²) < 4.78 is 0. The molecule has 0 aromatic heterocycles. The van der Waals surface area contributed by atoms with Gasteiger partial charge in [0.1, 0.15) is 0 Å². The number of nitro benzene ring substituents is 1. The molecule has 1 aromatic rings. The molecule has 2 N–H and O–H groups in total. The maximum atomic E-state index is 10.6. The third-order valence-electron chi connectivity index (χ3n) is 2.73. The van der Waals surface area contributed by atoms with E-state index in [1.54, 1.807) is 12.1 Å². The maximum absolute atomic E-state index is 10.6. The fourth-order valence-corrected chi connectivity index (χ4v) is 1.94. The molecule has 1 atom stereocenters. The Morgan fingerprint density at radius 3 is 3.00 bits per heavy atom. The summed E-state index contributed by atoms with van der Waals surface area (Å²) in [6.45, 7) is 2.87. The second kappa shape index (κ2) is 5.05. The highest BCUT2D eigenvalue weighted by Gasteiger charge is 2.14. The number of rotatable bonds is 3. The number of hydrogen-bond acceptors (Lipinski definition) is 4. The molecule has 0 amide bonds. The topological polar surface area (TPSA) is 67.2 Å². The van der Waals surface area contributed by atoms with Crippen molar-refractivity contribution in [2.24, 2.45) is 0 Å². The fraction of sp³-hybridized carbons (Fsp3) is 0.455. The summed E-state index contributed by atoms with van der Waals surface area (Å²) in [5.74, 6) is 0.